The normalized spacial score (nSPS) is 13.2. The average Bonchev–Trinajstić information content (AvgIpc) is 2.99. The van der Waals surface area contributed by atoms with Crippen LogP contribution in [0, 0.1) is 12.8 Å². The Labute approximate surface area is 155 Å². The van der Waals surface area contributed by atoms with Crippen LogP contribution >= 0.6 is 12.4 Å². The Morgan fingerprint density at radius 3 is 2.60 bits per heavy atom. The molecule has 25 heavy (non-hydrogen) atoms. The first-order valence-electron chi connectivity index (χ1n) is 8.28. The van der Waals surface area contributed by atoms with Gasteiger partial charge in [0.1, 0.15) is 6.04 Å². The number of rotatable bonds is 7. The summed E-state index contributed by atoms with van der Waals surface area (Å²) in [4.78, 5) is 17.0. The van der Waals surface area contributed by atoms with Crippen LogP contribution in [0.5, 0.6) is 0 Å². The largest absolute Gasteiger partial charge is 0.340 e. The van der Waals surface area contributed by atoms with Gasteiger partial charge < -0.3 is 15.2 Å². The first kappa shape index (κ1) is 21.1. The highest BCUT2D eigenvalue weighted by Gasteiger charge is 2.25. The molecule has 0 bridgehead atoms. The second kappa shape index (κ2) is 9.53. The SMILES string of the molecule is CNC(C)Cc1noc(C(NC(=O)c2cccc(C)c2)C(C)C)n1.Cl. The summed E-state index contributed by atoms with van der Waals surface area (Å²) >= 11 is 0. The second-order valence-electron chi connectivity index (χ2n) is 6.51. The van der Waals surface area contributed by atoms with Crippen LogP contribution in [0.1, 0.15) is 54.4 Å². The molecule has 7 heteroatoms. The molecule has 138 valence electrons. The molecule has 0 fully saturated rings. The van der Waals surface area contributed by atoms with E-state index < -0.39 is 0 Å². The van der Waals surface area contributed by atoms with Gasteiger partial charge in [-0.15, -0.1) is 12.4 Å². The predicted molar refractivity (Wildman–Crippen MR) is 100.0 cm³/mol. The summed E-state index contributed by atoms with van der Waals surface area (Å²) in [5.41, 5.74) is 1.68. The number of aromatic nitrogens is 2. The van der Waals surface area contributed by atoms with Crippen molar-refractivity contribution in [1.29, 1.82) is 0 Å². The van der Waals surface area contributed by atoms with E-state index in [0.29, 0.717) is 23.7 Å². The van der Waals surface area contributed by atoms with Crippen molar-refractivity contribution in [3.05, 3.63) is 47.1 Å². The van der Waals surface area contributed by atoms with Crippen LogP contribution in [0.15, 0.2) is 28.8 Å². The Hall–Kier alpha value is -1.92. The van der Waals surface area contributed by atoms with E-state index in [-0.39, 0.29) is 36.3 Å². The van der Waals surface area contributed by atoms with Gasteiger partial charge in [-0.2, -0.15) is 4.98 Å². The lowest BCUT2D eigenvalue weighted by Crippen LogP contribution is -2.32. The fourth-order valence-electron chi connectivity index (χ4n) is 2.38. The van der Waals surface area contributed by atoms with E-state index in [2.05, 4.69) is 27.7 Å². The van der Waals surface area contributed by atoms with Crippen LogP contribution < -0.4 is 10.6 Å². The fourth-order valence-corrected chi connectivity index (χ4v) is 2.38. The Kier molecular flexibility index (Phi) is 8.06. The molecule has 1 aromatic carbocycles. The molecule has 0 aliphatic heterocycles. The molecular formula is C18H27ClN4O2. The van der Waals surface area contributed by atoms with Gasteiger partial charge in [0.15, 0.2) is 5.82 Å². The molecule has 2 aromatic rings. The Morgan fingerprint density at radius 2 is 2.00 bits per heavy atom. The summed E-state index contributed by atoms with van der Waals surface area (Å²) in [6.07, 6.45) is 0.677. The summed E-state index contributed by atoms with van der Waals surface area (Å²) in [5, 5.41) is 10.2. The van der Waals surface area contributed by atoms with Crippen molar-refractivity contribution in [2.75, 3.05) is 7.05 Å². The van der Waals surface area contributed by atoms with Crippen molar-refractivity contribution >= 4 is 18.3 Å². The summed E-state index contributed by atoms with van der Waals surface area (Å²) < 4.78 is 5.39. The highest BCUT2D eigenvalue weighted by molar-refractivity contribution is 5.94. The number of benzene rings is 1. The van der Waals surface area contributed by atoms with Crippen LogP contribution in [-0.4, -0.2) is 29.1 Å². The van der Waals surface area contributed by atoms with Crippen molar-refractivity contribution in [2.24, 2.45) is 5.92 Å². The number of aryl methyl sites for hydroxylation is 1. The zero-order valence-corrected chi connectivity index (χ0v) is 16.2. The first-order valence-corrected chi connectivity index (χ1v) is 8.28. The van der Waals surface area contributed by atoms with E-state index in [0.717, 1.165) is 5.56 Å². The van der Waals surface area contributed by atoms with Crippen LogP contribution in [0.4, 0.5) is 0 Å². The molecule has 0 spiro atoms. The minimum absolute atomic E-state index is 0. The number of halogens is 1. The van der Waals surface area contributed by atoms with Gasteiger partial charge >= 0.3 is 0 Å². The number of amides is 1. The molecule has 1 aromatic heterocycles. The molecule has 0 aliphatic carbocycles. The number of hydrogen-bond acceptors (Lipinski definition) is 5. The zero-order chi connectivity index (χ0) is 17.7. The molecule has 2 rings (SSSR count). The van der Waals surface area contributed by atoms with Crippen molar-refractivity contribution in [3.63, 3.8) is 0 Å². The topological polar surface area (TPSA) is 80.0 Å². The monoisotopic (exact) mass is 366 g/mol. The predicted octanol–water partition coefficient (Wildman–Crippen LogP) is 3.08. The molecule has 2 atom stereocenters. The Balaban J connectivity index is 0.00000312. The Bertz CT molecular complexity index is 687. The first-order chi connectivity index (χ1) is 11.4. The molecule has 1 amide bonds. The van der Waals surface area contributed by atoms with E-state index >= 15 is 0 Å². The molecule has 0 aliphatic rings. The standard InChI is InChI=1S/C18H26N4O2.ClH/c1-11(2)16(18-20-15(22-24-18)10-13(4)19-5)21-17(23)14-8-6-7-12(3)9-14;/h6-9,11,13,16,19H,10H2,1-5H3,(H,21,23);1H. The number of nitrogens with one attached hydrogen (secondary N) is 2. The molecule has 0 radical (unpaired) electrons. The van der Waals surface area contributed by atoms with Crippen LogP contribution in [0.3, 0.4) is 0 Å². The highest BCUT2D eigenvalue weighted by Crippen LogP contribution is 2.21. The van der Waals surface area contributed by atoms with Gasteiger partial charge in [-0.1, -0.05) is 36.7 Å². The second-order valence-corrected chi connectivity index (χ2v) is 6.51. The van der Waals surface area contributed by atoms with Crippen molar-refractivity contribution in [3.8, 4) is 0 Å². The Morgan fingerprint density at radius 1 is 1.28 bits per heavy atom. The summed E-state index contributed by atoms with van der Waals surface area (Å²) in [6.45, 7) is 8.04. The number of nitrogens with zero attached hydrogens (tertiary/aromatic N) is 2. The zero-order valence-electron chi connectivity index (χ0n) is 15.4. The minimum atomic E-state index is -0.316. The van der Waals surface area contributed by atoms with Crippen molar-refractivity contribution < 1.29 is 9.32 Å². The fraction of sp³-hybridized carbons (Fsp3) is 0.500. The van der Waals surface area contributed by atoms with E-state index in [4.69, 9.17) is 4.52 Å². The smallest absolute Gasteiger partial charge is 0.251 e. The molecule has 6 nitrogen and oxygen atoms in total. The maximum Gasteiger partial charge on any atom is 0.251 e. The van der Waals surface area contributed by atoms with Gasteiger partial charge in [-0.05, 0) is 38.9 Å². The maximum atomic E-state index is 12.5. The third-order valence-corrected chi connectivity index (χ3v) is 3.96. The lowest BCUT2D eigenvalue weighted by atomic mass is 10.0. The van der Waals surface area contributed by atoms with E-state index in [1.54, 1.807) is 6.07 Å². The van der Waals surface area contributed by atoms with Crippen molar-refractivity contribution in [1.82, 2.24) is 20.8 Å². The summed E-state index contributed by atoms with van der Waals surface area (Å²) in [7, 11) is 1.89. The lowest BCUT2D eigenvalue weighted by molar-refractivity contribution is 0.0914. The highest BCUT2D eigenvalue weighted by atomic mass is 35.5. The number of likely N-dealkylation sites (N-methyl/N-ethyl adjacent to an activating group) is 1. The molecule has 0 saturated carbocycles. The number of carbonyl (C=O) groups is 1. The number of carbonyl (C=O) groups excluding carboxylic acids is 1. The van der Waals surface area contributed by atoms with Crippen LogP contribution in [-0.2, 0) is 6.42 Å². The van der Waals surface area contributed by atoms with Gasteiger partial charge in [0.2, 0.25) is 5.89 Å². The molecule has 0 saturated heterocycles. The van der Waals surface area contributed by atoms with Gasteiger partial charge in [0.25, 0.3) is 5.91 Å². The quantitative estimate of drug-likeness (QED) is 0.787. The third-order valence-electron chi connectivity index (χ3n) is 3.96. The lowest BCUT2D eigenvalue weighted by Gasteiger charge is -2.18. The molecule has 1 heterocycles. The molecule has 2 N–H and O–H groups in total. The molecule has 2 unspecified atom stereocenters. The van der Waals surface area contributed by atoms with Crippen LogP contribution in [0.25, 0.3) is 0 Å². The third kappa shape index (κ3) is 5.83. The summed E-state index contributed by atoms with van der Waals surface area (Å²) in [5.74, 6) is 1.08. The van der Waals surface area contributed by atoms with Gasteiger partial charge in [0.05, 0.1) is 0 Å². The molecular weight excluding hydrogens is 340 g/mol. The minimum Gasteiger partial charge on any atom is -0.340 e. The summed E-state index contributed by atoms with van der Waals surface area (Å²) in [6, 6.07) is 7.44. The van der Waals surface area contributed by atoms with E-state index in [9.17, 15) is 4.79 Å². The maximum absolute atomic E-state index is 12.5. The van der Waals surface area contributed by atoms with Gasteiger partial charge in [-0.3, -0.25) is 4.79 Å². The van der Waals surface area contributed by atoms with E-state index in [1.165, 1.54) is 0 Å². The van der Waals surface area contributed by atoms with Gasteiger partial charge in [0, 0.05) is 18.0 Å². The number of hydrogen-bond donors (Lipinski definition) is 2. The van der Waals surface area contributed by atoms with Gasteiger partial charge in [-0.25, -0.2) is 0 Å². The van der Waals surface area contributed by atoms with E-state index in [1.807, 2.05) is 46.0 Å². The van der Waals surface area contributed by atoms with Crippen LogP contribution in [0.2, 0.25) is 0 Å². The average molecular weight is 367 g/mol. The van der Waals surface area contributed by atoms with Crippen molar-refractivity contribution in [2.45, 2.75) is 46.2 Å².